The minimum Gasteiger partial charge on any atom is -0.295 e. The van der Waals surface area contributed by atoms with E-state index < -0.39 is 10.0 Å². The maximum Gasteiger partial charge on any atom is 0.229 e. The molecule has 0 amide bonds. The molecule has 0 bridgehead atoms. The number of hydrogen-bond donors (Lipinski definition) is 1. The molecule has 0 aliphatic carbocycles. The predicted molar refractivity (Wildman–Crippen MR) is 78.2 cm³/mol. The third kappa shape index (κ3) is 3.42. The second-order valence-corrected chi connectivity index (χ2v) is 6.86. The standard InChI is InChI=1S/C13H13NO3S2/c1-9(15)10-5-6-12(14-19(2,16)17)11(8-10)13-4-3-7-18-13/h3-8,14H,1-2H3. The van der Waals surface area contributed by atoms with Crippen molar-refractivity contribution in [3.8, 4) is 10.4 Å². The average Bonchev–Trinajstić information content (AvgIpc) is 2.80. The van der Waals surface area contributed by atoms with Crippen LogP contribution in [0, 0.1) is 0 Å². The van der Waals surface area contributed by atoms with Crippen LogP contribution in [0.1, 0.15) is 17.3 Å². The summed E-state index contributed by atoms with van der Waals surface area (Å²) >= 11 is 1.49. The summed E-state index contributed by atoms with van der Waals surface area (Å²) in [4.78, 5) is 12.3. The van der Waals surface area contributed by atoms with Gasteiger partial charge in [0.25, 0.3) is 0 Å². The molecule has 0 saturated heterocycles. The summed E-state index contributed by atoms with van der Waals surface area (Å²) in [6.45, 7) is 1.48. The number of ketones is 1. The summed E-state index contributed by atoms with van der Waals surface area (Å²) in [7, 11) is -3.35. The van der Waals surface area contributed by atoms with Gasteiger partial charge < -0.3 is 0 Å². The summed E-state index contributed by atoms with van der Waals surface area (Å²) in [6, 6.07) is 8.71. The fourth-order valence-corrected chi connectivity index (χ4v) is 3.02. The van der Waals surface area contributed by atoms with Crippen molar-refractivity contribution < 1.29 is 13.2 Å². The lowest BCUT2D eigenvalue weighted by molar-refractivity contribution is 0.101. The van der Waals surface area contributed by atoms with Crippen molar-refractivity contribution >= 4 is 32.8 Å². The Labute approximate surface area is 116 Å². The molecule has 2 aromatic rings. The Balaban J connectivity index is 2.57. The van der Waals surface area contributed by atoms with Crippen LogP contribution in [0.3, 0.4) is 0 Å². The molecule has 4 nitrogen and oxygen atoms in total. The average molecular weight is 295 g/mol. The monoisotopic (exact) mass is 295 g/mol. The van der Waals surface area contributed by atoms with Gasteiger partial charge in [-0.05, 0) is 36.6 Å². The number of anilines is 1. The largest absolute Gasteiger partial charge is 0.295 e. The summed E-state index contributed by atoms with van der Waals surface area (Å²) in [5.41, 5.74) is 1.76. The lowest BCUT2D eigenvalue weighted by atomic mass is 10.1. The van der Waals surface area contributed by atoms with Crippen molar-refractivity contribution in [3.63, 3.8) is 0 Å². The van der Waals surface area contributed by atoms with E-state index in [9.17, 15) is 13.2 Å². The van der Waals surface area contributed by atoms with E-state index in [1.807, 2.05) is 17.5 Å². The molecule has 0 spiro atoms. The Morgan fingerprint density at radius 3 is 2.53 bits per heavy atom. The Morgan fingerprint density at radius 1 is 1.26 bits per heavy atom. The maximum atomic E-state index is 11.4. The molecule has 1 N–H and O–H groups in total. The van der Waals surface area contributed by atoms with E-state index in [2.05, 4.69) is 4.72 Å². The Kier molecular flexibility index (Phi) is 3.73. The number of nitrogens with one attached hydrogen (secondary N) is 1. The topological polar surface area (TPSA) is 63.2 Å². The van der Waals surface area contributed by atoms with Crippen molar-refractivity contribution in [2.75, 3.05) is 11.0 Å². The molecule has 100 valence electrons. The highest BCUT2D eigenvalue weighted by atomic mass is 32.2. The van der Waals surface area contributed by atoms with Gasteiger partial charge in [-0.3, -0.25) is 9.52 Å². The molecule has 0 saturated carbocycles. The molecule has 1 aromatic heterocycles. The molecule has 0 atom stereocenters. The predicted octanol–water partition coefficient (Wildman–Crippen LogP) is 2.99. The van der Waals surface area contributed by atoms with Crippen LogP contribution in [0.15, 0.2) is 35.7 Å². The van der Waals surface area contributed by atoms with Crippen LogP contribution in [0.25, 0.3) is 10.4 Å². The van der Waals surface area contributed by atoms with Gasteiger partial charge in [0, 0.05) is 16.0 Å². The third-order valence-electron chi connectivity index (χ3n) is 2.51. The molecule has 0 radical (unpaired) electrons. The second-order valence-electron chi connectivity index (χ2n) is 4.17. The molecule has 6 heteroatoms. The fourth-order valence-electron chi connectivity index (χ4n) is 1.69. The van der Waals surface area contributed by atoms with Crippen LogP contribution in [-0.2, 0) is 10.0 Å². The van der Waals surface area contributed by atoms with Gasteiger partial charge in [0.05, 0.1) is 11.9 Å². The smallest absolute Gasteiger partial charge is 0.229 e. The fraction of sp³-hybridized carbons (Fsp3) is 0.154. The van der Waals surface area contributed by atoms with Gasteiger partial charge in [-0.2, -0.15) is 0 Å². The van der Waals surface area contributed by atoms with Crippen molar-refractivity contribution in [2.24, 2.45) is 0 Å². The van der Waals surface area contributed by atoms with Crippen molar-refractivity contribution in [2.45, 2.75) is 6.92 Å². The summed E-state index contributed by atoms with van der Waals surface area (Å²) in [5.74, 6) is -0.0521. The van der Waals surface area contributed by atoms with Gasteiger partial charge in [-0.25, -0.2) is 8.42 Å². The molecule has 0 aliphatic rings. The zero-order chi connectivity index (χ0) is 14.0. The third-order valence-corrected chi connectivity index (χ3v) is 4.00. The van der Waals surface area contributed by atoms with Gasteiger partial charge in [-0.15, -0.1) is 11.3 Å². The number of benzene rings is 1. The molecule has 0 unspecified atom stereocenters. The number of Topliss-reactive ketones (excluding diaryl/α,β-unsaturated/α-hetero) is 1. The van der Waals surface area contributed by atoms with Gasteiger partial charge in [0.1, 0.15) is 0 Å². The molecule has 0 fully saturated rings. The summed E-state index contributed by atoms with van der Waals surface area (Å²) < 4.78 is 25.2. The first kappa shape index (κ1) is 13.8. The van der Waals surface area contributed by atoms with E-state index in [-0.39, 0.29) is 5.78 Å². The maximum absolute atomic E-state index is 11.4. The highest BCUT2D eigenvalue weighted by Crippen LogP contribution is 2.33. The molecular weight excluding hydrogens is 282 g/mol. The van der Waals surface area contributed by atoms with E-state index in [1.54, 1.807) is 18.2 Å². The lowest BCUT2D eigenvalue weighted by Crippen LogP contribution is -2.10. The van der Waals surface area contributed by atoms with Crippen molar-refractivity contribution in [3.05, 3.63) is 41.3 Å². The van der Waals surface area contributed by atoms with E-state index >= 15 is 0 Å². The molecule has 19 heavy (non-hydrogen) atoms. The van der Waals surface area contributed by atoms with Crippen LogP contribution in [-0.4, -0.2) is 20.5 Å². The SMILES string of the molecule is CC(=O)c1ccc(NS(C)(=O)=O)c(-c2cccs2)c1. The van der Waals surface area contributed by atoms with Crippen LogP contribution in [0.4, 0.5) is 5.69 Å². The minimum atomic E-state index is -3.35. The van der Waals surface area contributed by atoms with Crippen LogP contribution < -0.4 is 4.72 Å². The van der Waals surface area contributed by atoms with E-state index in [4.69, 9.17) is 0 Å². The zero-order valence-corrected chi connectivity index (χ0v) is 12.1. The molecule has 2 rings (SSSR count). The number of hydrogen-bond acceptors (Lipinski definition) is 4. The van der Waals surface area contributed by atoms with Gasteiger partial charge in [0.2, 0.25) is 10.0 Å². The summed E-state index contributed by atoms with van der Waals surface area (Å²) in [5, 5.41) is 1.90. The molecule has 1 aromatic carbocycles. The Hall–Kier alpha value is -1.66. The number of thiophene rings is 1. The zero-order valence-electron chi connectivity index (χ0n) is 10.5. The number of carbonyl (C=O) groups excluding carboxylic acids is 1. The van der Waals surface area contributed by atoms with E-state index in [1.165, 1.54) is 18.3 Å². The highest BCUT2D eigenvalue weighted by Gasteiger charge is 2.12. The molecule has 1 heterocycles. The number of rotatable bonds is 4. The second kappa shape index (κ2) is 5.14. The van der Waals surface area contributed by atoms with Crippen LogP contribution in [0.2, 0.25) is 0 Å². The van der Waals surface area contributed by atoms with Crippen LogP contribution >= 0.6 is 11.3 Å². The Morgan fingerprint density at radius 2 is 2.00 bits per heavy atom. The molecule has 0 aliphatic heterocycles. The lowest BCUT2D eigenvalue weighted by Gasteiger charge is -2.10. The number of carbonyl (C=O) groups is 1. The normalized spacial score (nSPS) is 11.3. The van der Waals surface area contributed by atoms with Gasteiger partial charge >= 0.3 is 0 Å². The van der Waals surface area contributed by atoms with Crippen molar-refractivity contribution in [1.82, 2.24) is 0 Å². The first-order valence-electron chi connectivity index (χ1n) is 5.53. The molecular formula is C13H13NO3S2. The van der Waals surface area contributed by atoms with E-state index in [0.717, 1.165) is 11.1 Å². The van der Waals surface area contributed by atoms with Crippen LogP contribution in [0.5, 0.6) is 0 Å². The summed E-state index contributed by atoms with van der Waals surface area (Å²) in [6.07, 6.45) is 1.10. The minimum absolute atomic E-state index is 0.0521. The number of sulfonamides is 1. The van der Waals surface area contributed by atoms with Gasteiger partial charge in [0.15, 0.2) is 5.78 Å². The van der Waals surface area contributed by atoms with Gasteiger partial charge in [-0.1, -0.05) is 6.07 Å². The van der Waals surface area contributed by atoms with E-state index in [0.29, 0.717) is 16.8 Å². The quantitative estimate of drug-likeness (QED) is 0.882. The first-order valence-corrected chi connectivity index (χ1v) is 8.30. The van der Waals surface area contributed by atoms with Crippen molar-refractivity contribution in [1.29, 1.82) is 0 Å². The highest BCUT2D eigenvalue weighted by molar-refractivity contribution is 7.92. The first-order chi connectivity index (χ1) is 8.87. The Bertz CT molecular complexity index is 703.